The highest BCUT2D eigenvalue weighted by atomic mass is 32.1. The van der Waals surface area contributed by atoms with Gasteiger partial charge in [-0.3, -0.25) is 9.69 Å². The van der Waals surface area contributed by atoms with Crippen molar-refractivity contribution in [1.82, 2.24) is 15.0 Å². The molecule has 0 unspecified atom stereocenters. The zero-order chi connectivity index (χ0) is 17.3. The van der Waals surface area contributed by atoms with Crippen LogP contribution in [0.4, 0.5) is 5.00 Å². The monoisotopic (exact) mass is 348 g/mol. The number of likely N-dealkylation sites (tertiary alicyclic amines) is 1. The predicted molar refractivity (Wildman–Crippen MR) is 94.4 cm³/mol. The lowest BCUT2D eigenvalue weighted by atomic mass is 10.2. The lowest BCUT2D eigenvalue weighted by Crippen LogP contribution is -2.33. The molecule has 3 heterocycles. The summed E-state index contributed by atoms with van der Waals surface area (Å²) in [5, 5.41) is 8.10. The maximum absolute atomic E-state index is 12.5. The Balaban J connectivity index is 1.65. The summed E-state index contributed by atoms with van der Waals surface area (Å²) in [5.74, 6) is 1.38. The SMILES string of the molecule is CCc1nc([C@@H]2CCCN2CC(=O)Nc2sc(C)c(C)c2C)no1. The summed E-state index contributed by atoms with van der Waals surface area (Å²) in [4.78, 5) is 20.3. The van der Waals surface area contributed by atoms with Crippen molar-refractivity contribution in [3.63, 3.8) is 0 Å². The number of nitrogens with one attached hydrogen (secondary N) is 1. The number of aromatic nitrogens is 2. The summed E-state index contributed by atoms with van der Waals surface area (Å²) in [6, 6.07) is 0.0766. The summed E-state index contributed by atoms with van der Waals surface area (Å²) >= 11 is 1.64. The van der Waals surface area contributed by atoms with Crippen molar-refractivity contribution in [2.75, 3.05) is 18.4 Å². The molecule has 0 saturated carbocycles. The maximum atomic E-state index is 12.5. The third-order valence-corrected chi connectivity index (χ3v) is 5.96. The van der Waals surface area contributed by atoms with E-state index in [1.165, 1.54) is 10.4 Å². The lowest BCUT2D eigenvalue weighted by molar-refractivity contribution is -0.117. The normalized spacial score (nSPS) is 18.2. The molecule has 0 aliphatic carbocycles. The maximum Gasteiger partial charge on any atom is 0.239 e. The second-order valence-electron chi connectivity index (χ2n) is 6.31. The number of carbonyl (C=O) groups excluding carboxylic acids is 1. The fraction of sp³-hybridized carbons (Fsp3) is 0.588. The second kappa shape index (κ2) is 7.03. The minimum atomic E-state index is 0.0189. The van der Waals surface area contributed by atoms with E-state index >= 15 is 0 Å². The van der Waals surface area contributed by atoms with E-state index in [0.29, 0.717) is 18.3 Å². The molecule has 6 nitrogen and oxygen atoms in total. The molecule has 130 valence electrons. The number of nitrogens with zero attached hydrogens (tertiary/aromatic N) is 3. The average molecular weight is 348 g/mol. The van der Waals surface area contributed by atoms with Crippen molar-refractivity contribution in [2.45, 2.75) is 53.0 Å². The third kappa shape index (κ3) is 3.37. The Kier molecular flexibility index (Phi) is 5.01. The van der Waals surface area contributed by atoms with Gasteiger partial charge < -0.3 is 9.84 Å². The van der Waals surface area contributed by atoms with Crippen LogP contribution >= 0.6 is 11.3 Å². The first kappa shape index (κ1) is 17.1. The molecule has 0 aromatic carbocycles. The number of anilines is 1. The van der Waals surface area contributed by atoms with Gasteiger partial charge >= 0.3 is 0 Å². The minimum Gasteiger partial charge on any atom is -0.339 e. The molecular formula is C17H24N4O2S. The summed E-state index contributed by atoms with van der Waals surface area (Å²) in [7, 11) is 0. The van der Waals surface area contributed by atoms with E-state index in [9.17, 15) is 4.79 Å². The van der Waals surface area contributed by atoms with Crippen LogP contribution in [0.25, 0.3) is 0 Å². The van der Waals surface area contributed by atoms with Crippen LogP contribution in [0, 0.1) is 20.8 Å². The van der Waals surface area contributed by atoms with Gasteiger partial charge in [-0.1, -0.05) is 12.1 Å². The van der Waals surface area contributed by atoms with Gasteiger partial charge in [0.15, 0.2) is 5.82 Å². The van der Waals surface area contributed by atoms with Crippen LogP contribution in [0.1, 0.15) is 53.5 Å². The first-order valence-electron chi connectivity index (χ1n) is 8.42. The Labute approximate surface area is 146 Å². The van der Waals surface area contributed by atoms with Crippen LogP contribution in [0.2, 0.25) is 0 Å². The van der Waals surface area contributed by atoms with Crippen molar-refractivity contribution < 1.29 is 9.32 Å². The zero-order valence-electron chi connectivity index (χ0n) is 14.7. The van der Waals surface area contributed by atoms with Gasteiger partial charge in [0.05, 0.1) is 17.6 Å². The fourth-order valence-corrected chi connectivity index (χ4v) is 4.15. The summed E-state index contributed by atoms with van der Waals surface area (Å²) in [6.45, 7) is 9.46. The number of hydrogen-bond donors (Lipinski definition) is 1. The standard InChI is InChI=1S/C17H24N4O2S/c1-5-15-19-16(20-23-15)13-7-6-8-21(13)9-14(22)18-17-11(3)10(2)12(4)24-17/h13H,5-9H2,1-4H3,(H,18,22)/t13-/m0/s1. The van der Waals surface area contributed by atoms with Crippen LogP contribution < -0.4 is 5.32 Å². The van der Waals surface area contributed by atoms with Crippen molar-refractivity contribution >= 4 is 22.2 Å². The van der Waals surface area contributed by atoms with E-state index in [1.54, 1.807) is 11.3 Å². The summed E-state index contributed by atoms with van der Waals surface area (Å²) in [6.07, 6.45) is 2.74. The van der Waals surface area contributed by atoms with Crippen molar-refractivity contribution in [2.24, 2.45) is 0 Å². The Morgan fingerprint density at radius 3 is 2.79 bits per heavy atom. The molecule has 2 aromatic heterocycles. The van der Waals surface area contributed by atoms with Crippen molar-refractivity contribution in [3.05, 3.63) is 27.7 Å². The zero-order valence-corrected chi connectivity index (χ0v) is 15.5. The average Bonchev–Trinajstić information content (AvgIpc) is 3.25. The van der Waals surface area contributed by atoms with Crippen molar-refractivity contribution in [3.8, 4) is 0 Å². The fourth-order valence-electron chi connectivity index (χ4n) is 3.07. The van der Waals surface area contributed by atoms with E-state index in [-0.39, 0.29) is 11.9 Å². The molecule has 24 heavy (non-hydrogen) atoms. The van der Waals surface area contributed by atoms with Gasteiger partial charge in [0.1, 0.15) is 0 Å². The molecule has 0 spiro atoms. The van der Waals surface area contributed by atoms with Gasteiger partial charge in [-0.25, -0.2) is 0 Å². The predicted octanol–water partition coefficient (Wildman–Crippen LogP) is 3.39. The van der Waals surface area contributed by atoms with E-state index in [4.69, 9.17) is 4.52 Å². The second-order valence-corrected chi connectivity index (χ2v) is 7.54. The van der Waals surface area contributed by atoms with Gasteiger partial charge in [-0.2, -0.15) is 4.98 Å². The van der Waals surface area contributed by atoms with E-state index in [2.05, 4.69) is 41.1 Å². The largest absolute Gasteiger partial charge is 0.339 e. The molecule has 2 aromatic rings. The highest BCUT2D eigenvalue weighted by Gasteiger charge is 2.31. The molecule has 1 saturated heterocycles. The molecule has 1 atom stereocenters. The number of rotatable bonds is 5. The first-order chi connectivity index (χ1) is 11.5. The quantitative estimate of drug-likeness (QED) is 0.897. The van der Waals surface area contributed by atoms with Crippen LogP contribution in [-0.4, -0.2) is 34.0 Å². The van der Waals surface area contributed by atoms with Gasteiger partial charge in [0.2, 0.25) is 11.8 Å². The highest BCUT2D eigenvalue weighted by Crippen LogP contribution is 2.32. The lowest BCUT2D eigenvalue weighted by Gasteiger charge is -2.21. The minimum absolute atomic E-state index is 0.0189. The third-order valence-electron chi connectivity index (χ3n) is 4.73. The molecule has 0 radical (unpaired) electrons. The molecule has 7 heteroatoms. The van der Waals surface area contributed by atoms with Gasteiger partial charge in [0.25, 0.3) is 0 Å². The van der Waals surface area contributed by atoms with Crippen LogP contribution in [0.15, 0.2) is 4.52 Å². The molecule has 1 N–H and O–H groups in total. The molecule has 3 rings (SSSR count). The molecule has 0 bridgehead atoms. The Bertz CT molecular complexity index is 737. The van der Waals surface area contributed by atoms with Gasteiger partial charge in [0, 0.05) is 11.3 Å². The highest BCUT2D eigenvalue weighted by molar-refractivity contribution is 7.16. The number of carbonyl (C=O) groups is 1. The number of hydrogen-bond acceptors (Lipinski definition) is 6. The summed E-state index contributed by atoms with van der Waals surface area (Å²) < 4.78 is 5.22. The van der Waals surface area contributed by atoms with E-state index in [0.717, 1.165) is 36.4 Å². The molecule has 1 fully saturated rings. The molecule has 1 amide bonds. The Hall–Kier alpha value is -1.73. The molecule has 1 aliphatic heterocycles. The van der Waals surface area contributed by atoms with E-state index < -0.39 is 0 Å². The van der Waals surface area contributed by atoms with Crippen LogP contribution in [0.3, 0.4) is 0 Å². The number of amides is 1. The van der Waals surface area contributed by atoms with Crippen LogP contribution in [0.5, 0.6) is 0 Å². The number of thiophene rings is 1. The smallest absolute Gasteiger partial charge is 0.239 e. The van der Waals surface area contributed by atoms with Gasteiger partial charge in [-0.15, -0.1) is 11.3 Å². The topological polar surface area (TPSA) is 71.3 Å². The Morgan fingerprint density at radius 2 is 2.17 bits per heavy atom. The van der Waals surface area contributed by atoms with Gasteiger partial charge in [-0.05, 0) is 51.3 Å². The first-order valence-corrected chi connectivity index (χ1v) is 9.24. The Morgan fingerprint density at radius 1 is 1.38 bits per heavy atom. The molecule has 1 aliphatic rings. The van der Waals surface area contributed by atoms with Crippen molar-refractivity contribution in [1.29, 1.82) is 0 Å². The molecular weight excluding hydrogens is 324 g/mol. The number of aryl methyl sites for hydroxylation is 2. The van der Waals surface area contributed by atoms with E-state index in [1.807, 2.05) is 6.92 Å². The summed E-state index contributed by atoms with van der Waals surface area (Å²) in [5.41, 5.74) is 2.42. The van der Waals surface area contributed by atoms with Crippen LogP contribution in [-0.2, 0) is 11.2 Å².